The van der Waals surface area contributed by atoms with E-state index in [-0.39, 0.29) is 23.4 Å². The molecular weight excluding hydrogens is 447 g/mol. The number of nitrogens with two attached hydrogens (primary N) is 1. The summed E-state index contributed by atoms with van der Waals surface area (Å²) in [5.41, 5.74) is 7.27. The Morgan fingerprint density at radius 3 is 2.81 bits per heavy atom. The molecule has 0 saturated heterocycles. The van der Waals surface area contributed by atoms with Crippen LogP contribution in [0.2, 0.25) is 0 Å². The van der Waals surface area contributed by atoms with E-state index < -0.39 is 5.82 Å². The molecule has 3 heterocycles. The molecule has 1 aromatic carbocycles. The van der Waals surface area contributed by atoms with Crippen LogP contribution in [0, 0.1) is 5.82 Å². The van der Waals surface area contributed by atoms with Gasteiger partial charge in [0.05, 0.1) is 22.0 Å². The van der Waals surface area contributed by atoms with Gasteiger partial charge in [-0.2, -0.15) is 0 Å². The Kier molecular flexibility index (Phi) is 5.79. The predicted molar refractivity (Wildman–Crippen MR) is 126 cm³/mol. The standard InChI is InChI=1S/C22H21FN6OS2/c23-15-9-3-4-10-16(15)26-17(30)12-31-22-28-27-20(29(22)13-6-1-2-7-13)19-18(24)14-8-5-11-25-21(14)32-19/h3-5,8-11,13H,1-2,6-7,12,24H2,(H,26,30). The number of hydrogen-bond donors (Lipinski definition) is 2. The number of para-hydroxylation sites is 1. The number of anilines is 2. The van der Waals surface area contributed by atoms with E-state index in [4.69, 9.17) is 5.73 Å². The molecule has 4 aromatic rings. The third-order valence-electron chi connectivity index (χ3n) is 5.54. The van der Waals surface area contributed by atoms with Crippen molar-refractivity contribution in [3.63, 3.8) is 0 Å². The predicted octanol–water partition coefficient (Wildman–Crippen LogP) is 5.12. The first-order valence-electron chi connectivity index (χ1n) is 10.4. The van der Waals surface area contributed by atoms with Crippen molar-refractivity contribution >= 4 is 50.6 Å². The van der Waals surface area contributed by atoms with Crippen LogP contribution >= 0.6 is 23.1 Å². The molecule has 164 valence electrons. The maximum atomic E-state index is 13.8. The third kappa shape index (κ3) is 3.95. The van der Waals surface area contributed by atoms with Gasteiger partial charge in [0.1, 0.15) is 10.6 Å². The Morgan fingerprint density at radius 1 is 1.22 bits per heavy atom. The summed E-state index contributed by atoms with van der Waals surface area (Å²) in [7, 11) is 0. The molecule has 0 radical (unpaired) electrons. The van der Waals surface area contributed by atoms with Crippen molar-refractivity contribution in [2.45, 2.75) is 36.9 Å². The lowest BCUT2D eigenvalue weighted by molar-refractivity contribution is -0.113. The van der Waals surface area contributed by atoms with Gasteiger partial charge in [0.2, 0.25) is 5.91 Å². The molecule has 5 rings (SSSR count). The summed E-state index contributed by atoms with van der Waals surface area (Å²) in [6.45, 7) is 0. The van der Waals surface area contributed by atoms with Gasteiger partial charge in [0, 0.05) is 17.6 Å². The summed E-state index contributed by atoms with van der Waals surface area (Å²) in [4.78, 5) is 18.6. The van der Waals surface area contributed by atoms with Crippen molar-refractivity contribution in [3.05, 3.63) is 48.4 Å². The Balaban J connectivity index is 1.43. The minimum absolute atomic E-state index is 0.0998. The molecule has 10 heteroatoms. The lowest BCUT2D eigenvalue weighted by Crippen LogP contribution is -2.16. The van der Waals surface area contributed by atoms with Crippen LogP contribution in [-0.4, -0.2) is 31.4 Å². The number of pyridine rings is 1. The van der Waals surface area contributed by atoms with Crippen LogP contribution in [0.15, 0.2) is 47.8 Å². The average molecular weight is 469 g/mol. The van der Waals surface area contributed by atoms with Crippen molar-refractivity contribution in [1.29, 1.82) is 0 Å². The topological polar surface area (TPSA) is 98.7 Å². The van der Waals surface area contributed by atoms with Crippen molar-refractivity contribution in [1.82, 2.24) is 19.7 Å². The van der Waals surface area contributed by atoms with Gasteiger partial charge in [-0.3, -0.25) is 9.36 Å². The molecule has 0 bridgehead atoms. The molecule has 0 atom stereocenters. The summed E-state index contributed by atoms with van der Waals surface area (Å²) < 4.78 is 16.0. The van der Waals surface area contributed by atoms with E-state index in [0.29, 0.717) is 10.8 Å². The van der Waals surface area contributed by atoms with Gasteiger partial charge in [0.15, 0.2) is 11.0 Å². The fraction of sp³-hybridized carbons (Fsp3) is 0.273. The zero-order valence-corrected chi connectivity index (χ0v) is 18.8. The van der Waals surface area contributed by atoms with E-state index in [9.17, 15) is 9.18 Å². The van der Waals surface area contributed by atoms with Crippen LogP contribution in [0.3, 0.4) is 0 Å². The second-order valence-electron chi connectivity index (χ2n) is 7.63. The highest BCUT2D eigenvalue weighted by Gasteiger charge is 2.27. The molecule has 1 saturated carbocycles. The monoisotopic (exact) mass is 468 g/mol. The Morgan fingerprint density at radius 2 is 2.03 bits per heavy atom. The molecule has 0 spiro atoms. The number of nitrogens with one attached hydrogen (secondary N) is 1. The molecule has 3 N–H and O–H groups in total. The summed E-state index contributed by atoms with van der Waals surface area (Å²) in [5.74, 6) is 0.0570. The van der Waals surface area contributed by atoms with E-state index in [1.54, 1.807) is 18.3 Å². The zero-order chi connectivity index (χ0) is 22.1. The molecule has 7 nitrogen and oxygen atoms in total. The quantitative estimate of drug-likeness (QED) is 0.381. The van der Waals surface area contributed by atoms with Crippen molar-refractivity contribution in [2.75, 3.05) is 16.8 Å². The number of thioether (sulfide) groups is 1. The Labute approximate surface area is 192 Å². The SMILES string of the molecule is Nc1c(-c2nnc(SCC(=O)Nc3ccccc3F)n2C2CCCC2)sc2ncccc12. The molecule has 32 heavy (non-hydrogen) atoms. The first-order chi connectivity index (χ1) is 15.6. The number of aromatic nitrogens is 4. The summed E-state index contributed by atoms with van der Waals surface area (Å²) in [5, 5.41) is 13.1. The molecular formula is C22H21FN6OS2. The first kappa shape index (κ1) is 20.9. The van der Waals surface area contributed by atoms with Crippen LogP contribution in [0.5, 0.6) is 0 Å². The summed E-state index contributed by atoms with van der Waals surface area (Å²) >= 11 is 2.80. The molecule has 1 fully saturated rings. The van der Waals surface area contributed by atoms with Gasteiger partial charge in [-0.25, -0.2) is 9.37 Å². The highest BCUT2D eigenvalue weighted by molar-refractivity contribution is 7.99. The fourth-order valence-electron chi connectivity index (χ4n) is 4.02. The van der Waals surface area contributed by atoms with E-state index in [1.807, 2.05) is 12.1 Å². The number of benzene rings is 1. The van der Waals surface area contributed by atoms with Crippen LogP contribution in [-0.2, 0) is 4.79 Å². The highest BCUT2D eigenvalue weighted by atomic mass is 32.2. The average Bonchev–Trinajstić information content (AvgIpc) is 3.53. The number of halogens is 1. The Bertz CT molecular complexity index is 1280. The fourth-order valence-corrected chi connectivity index (χ4v) is 5.87. The lowest BCUT2D eigenvalue weighted by Gasteiger charge is -2.16. The number of hydrogen-bond acceptors (Lipinski definition) is 7. The normalized spacial score (nSPS) is 14.3. The zero-order valence-electron chi connectivity index (χ0n) is 17.1. The number of thiophene rings is 1. The second-order valence-corrected chi connectivity index (χ2v) is 9.57. The molecule has 1 amide bonds. The number of rotatable bonds is 6. The molecule has 3 aromatic heterocycles. The van der Waals surface area contributed by atoms with E-state index >= 15 is 0 Å². The maximum Gasteiger partial charge on any atom is 0.234 e. The van der Waals surface area contributed by atoms with Gasteiger partial charge < -0.3 is 11.1 Å². The van der Waals surface area contributed by atoms with Crippen LogP contribution < -0.4 is 11.1 Å². The number of amides is 1. The number of carbonyl (C=O) groups is 1. The lowest BCUT2D eigenvalue weighted by atomic mass is 10.2. The van der Waals surface area contributed by atoms with Gasteiger partial charge in [-0.15, -0.1) is 21.5 Å². The van der Waals surface area contributed by atoms with E-state index in [0.717, 1.165) is 46.6 Å². The van der Waals surface area contributed by atoms with Crippen molar-refractivity contribution < 1.29 is 9.18 Å². The number of carbonyl (C=O) groups excluding carboxylic acids is 1. The molecule has 0 aliphatic heterocycles. The Hall–Kier alpha value is -2.98. The molecule has 0 unspecified atom stereocenters. The van der Waals surface area contributed by atoms with Crippen LogP contribution in [0.1, 0.15) is 31.7 Å². The highest BCUT2D eigenvalue weighted by Crippen LogP contribution is 2.43. The van der Waals surface area contributed by atoms with E-state index in [2.05, 4.69) is 25.1 Å². The largest absolute Gasteiger partial charge is 0.397 e. The van der Waals surface area contributed by atoms with Gasteiger partial charge in [-0.1, -0.05) is 36.7 Å². The number of nitrogen functional groups attached to an aromatic ring is 1. The van der Waals surface area contributed by atoms with Crippen molar-refractivity contribution in [3.8, 4) is 10.7 Å². The van der Waals surface area contributed by atoms with Crippen LogP contribution in [0.4, 0.5) is 15.8 Å². The molecule has 1 aliphatic carbocycles. The van der Waals surface area contributed by atoms with Gasteiger partial charge in [0.25, 0.3) is 0 Å². The van der Waals surface area contributed by atoms with Crippen molar-refractivity contribution in [2.24, 2.45) is 0 Å². The molecule has 1 aliphatic rings. The maximum absolute atomic E-state index is 13.8. The second kappa shape index (κ2) is 8.87. The third-order valence-corrected chi connectivity index (χ3v) is 7.61. The summed E-state index contributed by atoms with van der Waals surface area (Å²) in [6, 6.07) is 10.2. The number of nitrogens with zero attached hydrogens (tertiary/aromatic N) is 4. The smallest absolute Gasteiger partial charge is 0.234 e. The van der Waals surface area contributed by atoms with Gasteiger partial charge >= 0.3 is 0 Å². The summed E-state index contributed by atoms with van der Waals surface area (Å²) in [6.07, 6.45) is 6.10. The van der Waals surface area contributed by atoms with Gasteiger partial charge in [-0.05, 0) is 37.1 Å². The van der Waals surface area contributed by atoms with Crippen LogP contribution in [0.25, 0.3) is 20.9 Å². The van der Waals surface area contributed by atoms with E-state index in [1.165, 1.54) is 35.2 Å². The minimum Gasteiger partial charge on any atom is -0.397 e. The first-order valence-corrected chi connectivity index (χ1v) is 12.2. The number of fused-ring (bicyclic) bond motifs is 1. The minimum atomic E-state index is -0.462.